The minimum atomic E-state index is -4.47. The molecule has 2 amide bonds. The van der Waals surface area contributed by atoms with Crippen molar-refractivity contribution in [1.29, 1.82) is 0 Å². The Kier molecular flexibility index (Phi) is 5.37. The Hall–Kier alpha value is -3.82. The number of carbonyl (C=O) groups is 1. The quantitative estimate of drug-likeness (QED) is 0.481. The van der Waals surface area contributed by atoms with Crippen molar-refractivity contribution in [2.24, 2.45) is 7.05 Å². The number of imidazole rings is 2. The third-order valence-corrected chi connectivity index (χ3v) is 5.26. The Morgan fingerprint density at radius 3 is 2.59 bits per heavy atom. The van der Waals surface area contributed by atoms with Gasteiger partial charge in [-0.1, -0.05) is 12.1 Å². The molecule has 0 aliphatic rings. The van der Waals surface area contributed by atoms with Crippen LogP contribution < -0.4 is 10.6 Å². The maximum absolute atomic E-state index is 12.3. The van der Waals surface area contributed by atoms with Gasteiger partial charge in [0.05, 0.1) is 17.6 Å². The fraction of sp³-hybridized carbons (Fsp3) is 0.227. The van der Waals surface area contributed by atoms with Crippen LogP contribution in [0.1, 0.15) is 11.5 Å². The first-order chi connectivity index (χ1) is 15.1. The minimum absolute atomic E-state index is 0.369. The molecule has 3 heterocycles. The third-order valence-electron chi connectivity index (χ3n) is 5.26. The van der Waals surface area contributed by atoms with E-state index >= 15 is 0 Å². The standard InChI is InChI=1S/C22H21F3N6O/c1-13-20(28-14(2)30(13)3)16-7-8-31-18(11-26-19(31)10-16)15-5-4-6-17(9-15)29-21(32)27-12-22(23,24)25/h4-11H,12H2,1-3H3,(H2,27,29,32). The van der Waals surface area contributed by atoms with E-state index in [4.69, 9.17) is 0 Å². The van der Waals surface area contributed by atoms with Crippen LogP contribution in [0.25, 0.3) is 28.2 Å². The van der Waals surface area contributed by atoms with E-state index < -0.39 is 18.8 Å². The average molecular weight is 442 g/mol. The second kappa shape index (κ2) is 8.03. The van der Waals surface area contributed by atoms with Crippen molar-refractivity contribution < 1.29 is 18.0 Å². The molecule has 4 aromatic rings. The van der Waals surface area contributed by atoms with Gasteiger partial charge in [-0.05, 0) is 38.1 Å². The van der Waals surface area contributed by atoms with Crippen LogP contribution in [-0.2, 0) is 7.05 Å². The van der Waals surface area contributed by atoms with Crippen LogP contribution in [0.4, 0.5) is 23.7 Å². The highest BCUT2D eigenvalue weighted by Gasteiger charge is 2.27. The van der Waals surface area contributed by atoms with Gasteiger partial charge in [0.25, 0.3) is 0 Å². The summed E-state index contributed by atoms with van der Waals surface area (Å²) in [5.41, 5.74) is 5.53. The monoisotopic (exact) mass is 442 g/mol. The van der Waals surface area contributed by atoms with Gasteiger partial charge in [-0.2, -0.15) is 13.2 Å². The summed E-state index contributed by atoms with van der Waals surface area (Å²) in [6, 6.07) is 9.81. The number of alkyl halides is 3. The molecule has 0 bridgehead atoms. The lowest BCUT2D eigenvalue weighted by Gasteiger charge is -2.11. The maximum Gasteiger partial charge on any atom is 0.405 e. The van der Waals surface area contributed by atoms with Crippen LogP contribution in [0.15, 0.2) is 48.8 Å². The molecule has 0 spiro atoms. The lowest BCUT2D eigenvalue weighted by Crippen LogP contribution is -2.36. The first kappa shape index (κ1) is 21.4. The van der Waals surface area contributed by atoms with Crippen molar-refractivity contribution in [3.63, 3.8) is 0 Å². The second-order valence-electron chi connectivity index (χ2n) is 7.44. The summed E-state index contributed by atoms with van der Waals surface area (Å²) in [4.78, 5) is 20.9. The predicted molar refractivity (Wildman–Crippen MR) is 115 cm³/mol. The number of rotatable bonds is 4. The number of fused-ring (bicyclic) bond motifs is 1. The van der Waals surface area contributed by atoms with Gasteiger partial charge < -0.3 is 15.2 Å². The highest BCUT2D eigenvalue weighted by atomic mass is 19.4. The van der Waals surface area contributed by atoms with Crippen LogP contribution in [0, 0.1) is 13.8 Å². The van der Waals surface area contributed by atoms with Crippen LogP contribution in [0.5, 0.6) is 0 Å². The molecule has 0 saturated carbocycles. The number of aryl methyl sites for hydroxylation is 1. The largest absolute Gasteiger partial charge is 0.405 e. The number of hydrogen-bond acceptors (Lipinski definition) is 3. The molecule has 3 aromatic heterocycles. The number of anilines is 1. The summed E-state index contributed by atoms with van der Waals surface area (Å²) in [6.45, 7) is 2.57. The zero-order valence-electron chi connectivity index (χ0n) is 17.7. The maximum atomic E-state index is 12.3. The molecule has 0 unspecified atom stereocenters. The highest BCUT2D eigenvalue weighted by Crippen LogP contribution is 2.28. The molecule has 32 heavy (non-hydrogen) atoms. The summed E-state index contributed by atoms with van der Waals surface area (Å²) in [5.74, 6) is 0.921. The lowest BCUT2D eigenvalue weighted by atomic mass is 10.1. The SMILES string of the molecule is Cc1nc(-c2ccn3c(-c4cccc(NC(=O)NCC(F)(F)F)c4)cnc3c2)c(C)n1C. The number of amides is 2. The Labute approximate surface area is 181 Å². The predicted octanol–water partition coefficient (Wildman–Crippen LogP) is 4.70. The van der Waals surface area contributed by atoms with E-state index in [2.05, 4.69) is 15.3 Å². The van der Waals surface area contributed by atoms with Gasteiger partial charge in [-0.3, -0.25) is 4.40 Å². The molecule has 0 atom stereocenters. The van der Waals surface area contributed by atoms with Crippen molar-refractivity contribution >= 4 is 17.4 Å². The van der Waals surface area contributed by atoms with Gasteiger partial charge in [0.2, 0.25) is 0 Å². The number of nitrogens with one attached hydrogen (secondary N) is 2. The normalized spacial score (nSPS) is 11.7. The van der Waals surface area contributed by atoms with Gasteiger partial charge >= 0.3 is 12.2 Å². The summed E-state index contributed by atoms with van der Waals surface area (Å²) in [5, 5.41) is 4.21. The molecule has 0 fully saturated rings. The number of urea groups is 1. The summed E-state index contributed by atoms with van der Waals surface area (Å²) >= 11 is 0. The van der Waals surface area contributed by atoms with Gasteiger partial charge in [0.1, 0.15) is 18.0 Å². The molecule has 0 aliphatic heterocycles. The first-order valence-corrected chi connectivity index (χ1v) is 9.82. The molecule has 7 nitrogen and oxygen atoms in total. The summed E-state index contributed by atoms with van der Waals surface area (Å²) < 4.78 is 40.8. The number of hydrogen-bond donors (Lipinski definition) is 2. The minimum Gasteiger partial charge on any atom is -0.335 e. The van der Waals surface area contributed by atoms with Gasteiger partial charge in [0.15, 0.2) is 0 Å². The van der Waals surface area contributed by atoms with Crippen LogP contribution in [-0.4, -0.2) is 37.7 Å². The second-order valence-corrected chi connectivity index (χ2v) is 7.44. The van der Waals surface area contributed by atoms with E-state index in [0.29, 0.717) is 5.69 Å². The van der Waals surface area contributed by atoms with E-state index in [-0.39, 0.29) is 0 Å². The topological polar surface area (TPSA) is 76.2 Å². The molecule has 0 radical (unpaired) electrons. The van der Waals surface area contributed by atoms with Gasteiger partial charge in [-0.25, -0.2) is 14.8 Å². The summed E-state index contributed by atoms with van der Waals surface area (Å²) in [6.07, 6.45) is -0.869. The van der Waals surface area contributed by atoms with E-state index in [9.17, 15) is 18.0 Å². The number of benzene rings is 1. The zero-order chi connectivity index (χ0) is 23.0. The molecular formula is C22H21F3N6O. The van der Waals surface area contributed by atoms with E-state index in [0.717, 1.165) is 39.7 Å². The molecule has 0 saturated heterocycles. The van der Waals surface area contributed by atoms with Crippen LogP contribution in [0.2, 0.25) is 0 Å². The smallest absolute Gasteiger partial charge is 0.335 e. The summed E-state index contributed by atoms with van der Waals surface area (Å²) in [7, 11) is 1.97. The van der Waals surface area contributed by atoms with Gasteiger partial charge in [0, 0.05) is 35.8 Å². The molecular weight excluding hydrogens is 421 g/mol. The van der Waals surface area contributed by atoms with Crippen molar-refractivity contribution in [1.82, 2.24) is 24.3 Å². The molecule has 166 valence electrons. The van der Waals surface area contributed by atoms with E-state index in [1.807, 2.05) is 54.3 Å². The van der Waals surface area contributed by atoms with Crippen LogP contribution >= 0.6 is 0 Å². The highest BCUT2D eigenvalue weighted by molar-refractivity contribution is 5.90. The Morgan fingerprint density at radius 2 is 1.91 bits per heavy atom. The number of halogens is 3. The Morgan fingerprint density at radius 1 is 1.12 bits per heavy atom. The van der Waals surface area contributed by atoms with Gasteiger partial charge in [-0.15, -0.1) is 0 Å². The zero-order valence-corrected chi connectivity index (χ0v) is 17.7. The first-order valence-electron chi connectivity index (χ1n) is 9.82. The van der Waals surface area contributed by atoms with Crippen molar-refractivity contribution in [3.05, 3.63) is 60.3 Å². The van der Waals surface area contributed by atoms with E-state index in [1.165, 1.54) is 0 Å². The number of carbonyl (C=O) groups excluding carboxylic acids is 1. The van der Waals surface area contributed by atoms with E-state index in [1.54, 1.807) is 29.7 Å². The Bertz CT molecular complexity index is 1300. The third kappa shape index (κ3) is 4.29. The van der Waals surface area contributed by atoms with Crippen molar-refractivity contribution in [2.75, 3.05) is 11.9 Å². The fourth-order valence-electron chi connectivity index (χ4n) is 3.45. The molecule has 1 aromatic carbocycles. The molecule has 0 aliphatic carbocycles. The van der Waals surface area contributed by atoms with Crippen molar-refractivity contribution in [3.8, 4) is 22.5 Å². The number of nitrogens with zero attached hydrogens (tertiary/aromatic N) is 4. The fourth-order valence-corrected chi connectivity index (χ4v) is 3.45. The molecule has 4 rings (SSSR count). The molecule has 2 N–H and O–H groups in total. The number of aromatic nitrogens is 4. The molecule has 10 heteroatoms. The average Bonchev–Trinajstić information content (AvgIpc) is 3.28. The Balaban J connectivity index is 1.60. The number of pyridine rings is 1. The van der Waals surface area contributed by atoms with Crippen LogP contribution in [0.3, 0.4) is 0 Å². The van der Waals surface area contributed by atoms with Crippen molar-refractivity contribution in [2.45, 2.75) is 20.0 Å². The lowest BCUT2D eigenvalue weighted by molar-refractivity contribution is -0.122.